The van der Waals surface area contributed by atoms with E-state index in [0.717, 1.165) is 16.7 Å². The van der Waals surface area contributed by atoms with Crippen molar-refractivity contribution in [1.82, 2.24) is 0 Å². The molecule has 0 spiro atoms. The Labute approximate surface area is 78.8 Å². The van der Waals surface area contributed by atoms with Gasteiger partial charge >= 0.3 is 0 Å². The van der Waals surface area contributed by atoms with Gasteiger partial charge in [0.15, 0.2) is 0 Å². The monoisotopic (exact) mass is 181 g/mol. The van der Waals surface area contributed by atoms with E-state index in [9.17, 15) is 4.39 Å². The third-order valence-corrected chi connectivity index (χ3v) is 2.28. The third-order valence-electron chi connectivity index (χ3n) is 2.28. The lowest BCUT2D eigenvalue weighted by Gasteiger charge is -2.15. The van der Waals surface area contributed by atoms with Crippen molar-refractivity contribution in [3.63, 3.8) is 0 Å². The van der Waals surface area contributed by atoms with Crippen molar-refractivity contribution in [1.29, 1.82) is 0 Å². The van der Waals surface area contributed by atoms with Gasteiger partial charge in [0, 0.05) is 0 Å². The van der Waals surface area contributed by atoms with Crippen LogP contribution in [-0.2, 0) is 0 Å². The number of nitrogens with two attached hydrogens (primary N) is 1. The smallest absolute Gasteiger partial charge is 0.109 e. The lowest BCUT2D eigenvalue weighted by atomic mass is 9.95. The molecule has 0 radical (unpaired) electrons. The van der Waals surface area contributed by atoms with Crippen molar-refractivity contribution in [2.75, 3.05) is 6.67 Å². The fourth-order valence-corrected chi connectivity index (χ4v) is 1.85. The van der Waals surface area contributed by atoms with Crippen LogP contribution in [0.25, 0.3) is 0 Å². The van der Waals surface area contributed by atoms with E-state index < -0.39 is 12.7 Å². The molecule has 13 heavy (non-hydrogen) atoms. The molecule has 0 fully saturated rings. The van der Waals surface area contributed by atoms with Crippen molar-refractivity contribution >= 4 is 0 Å². The van der Waals surface area contributed by atoms with Crippen molar-refractivity contribution in [2.24, 2.45) is 5.73 Å². The lowest BCUT2D eigenvalue weighted by Crippen LogP contribution is -2.15. The molecule has 2 N–H and O–H groups in total. The van der Waals surface area contributed by atoms with Gasteiger partial charge in [0.25, 0.3) is 0 Å². The molecule has 0 heterocycles. The summed E-state index contributed by atoms with van der Waals surface area (Å²) in [6, 6.07) is 3.61. The number of hydrogen-bond donors (Lipinski definition) is 1. The summed E-state index contributed by atoms with van der Waals surface area (Å²) in [4.78, 5) is 0. The highest BCUT2D eigenvalue weighted by Crippen LogP contribution is 2.22. The fraction of sp³-hybridized carbons (Fsp3) is 0.455. The summed E-state index contributed by atoms with van der Waals surface area (Å²) in [6.07, 6.45) is 0. The molecule has 1 rings (SSSR count). The van der Waals surface area contributed by atoms with Crippen molar-refractivity contribution < 1.29 is 4.39 Å². The summed E-state index contributed by atoms with van der Waals surface area (Å²) in [6.45, 7) is 5.49. The van der Waals surface area contributed by atoms with Crippen LogP contribution in [0.2, 0.25) is 0 Å². The number of benzene rings is 1. The molecular weight excluding hydrogens is 165 g/mol. The number of rotatable bonds is 2. The first kappa shape index (κ1) is 10.2. The second kappa shape index (κ2) is 3.88. The van der Waals surface area contributed by atoms with Crippen molar-refractivity contribution in [2.45, 2.75) is 26.8 Å². The molecule has 1 aromatic carbocycles. The average Bonchev–Trinajstić information content (AvgIpc) is 2.02. The van der Waals surface area contributed by atoms with E-state index in [-0.39, 0.29) is 0 Å². The zero-order chi connectivity index (χ0) is 10.0. The summed E-state index contributed by atoms with van der Waals surface area (Å²) in [7, 11) is 0. The van der Waals surface area contributed by atoms with E-state index in [0.29, 0.717) is 0 Å². The molecule has 0 saturated heterocycles. The Balaban J connectivity index is 3.20. The number of hydrogen-bond acceptors (Lipinski definition) is 1. The minimum absolute atomic E-state index is 0.472. The van der Waals surface area contributed by atoms with E-state index in [1.54, 1.807) is 0 Å². The first-order valence-electron chi connectivity index (χ1n) is 4.45. The zero-order valence-corrected chi connectivity index (χ0v) is 8.39. The van der Waals surface area contributed by atoms with Gasteiger partial charge in [0.2, 0.25) is 0 Å². The first-order chi connectivity index (χ1) is 6.06. The van der Waals surface area contributed by atoms with Crippen LogP contribution in [0, 0.1) is 20.8 Å². The third kappa shape index (κ3) is 2.07. The first-order valence-corrected chi connectivity index (χ1v) is 4.45. The van der Waals surface area contributed by atoms with Crippen LogP contribution >= 0.6 is 0 Å². The lowest BCUT2D eigenvalue weighted by molar-refractivity contribution is 0.435. The second-order valence-corrected chi connectivity index (χ2v) is 3.57. The number of halogens is 1. The van der Waals surface area contributed by atoms with E-state index in [1.807, 2.05) is 32.9 Å². The standard InChI is InChI=1S/C11H16FN/c1-7-4-8(2)11(9(3)5-7)10(13)6-12/h4-5,10H,6,13H2,1-3H3/t10-/m0/s1. The zero-order valence-electron chi connectivity index (χ0n) is 8.39. The summed E-state index contributed by atoms with van der Waals surface area (Å²) in [5.74, 6) is 0. The molecule has 0 amide bonds. The SMILES string of the molecule is Cc1cc(C)c([C@@H](N)CF)c(C)c1. The van der Waals surface area contributed by atoms with Crippen LogP contribution in [0.15, 0.2) is 12.1 Å². The molecule has 0 aliphatic carbocycles. The minimum Gasteiger partial charge on any atom is -0.322 e. The van der Waals surface area contributed by atoms with Gasteiger partial charge in [-0.3, -0.25) is 0 Å². The van der Waals surface area contributed by atoms with Crippen LogP contribution in [0.5, 0.6) is 0 Å². The summed E-state index contributed by atoms with van der Waals surface area (Å²) < 4.78 is 12.4. The van der Waals surface area contributed by atoms with Crippen LogP contribution in [0.1, 0.15) is 28.3 Å². The molecule has 0 saturated carbocycles. The molecule has 0 aromatic heterocycles. The van der Waals surface area contributed by atoms with Gasteiger partial charge in [-0.05, 0) is 37.5 Å². The maximum Gasteiger partial charge on any atom is 0.109 e. The molecule has 72 valence electrons. The Morgan fingerprint density at radius 3 is 2.08 bits per heavy atom. The van der Waals surface area contributed by atoms with E-state index in [2.05, 4.69) is 0 Å². The fourth-order valence-electron chi connectivity index (χ4n) is 1.85. The molecule has 1 nitrogen and oxygen atoms in total. The van der Waals surface area contributed by atoms with Gasteiger partial charge in [-0.1, -0.05) is 17.7 Å². The van der Waals surface area contributed by atoms with Crippen molar-refractivity contribution in [3.8, 4) is 0 Å². The molecule has 0 bridgehead atoms. The van der Waals surface area contributed by atoms with E-state index in [4.69, 9.17) is 5.73 Å². The van der Waals surface area contributed by atoms with Gasteiger partial charge in [0.1, 0.15) is 6.67 Å². The van der Waals surface area contributed by atoms with Gasteiger partial charge < -0.3 is 5.73 Å². The minimum atomic E-state index is -0.495. The van der Waals surface area contributed by atoms with Crippen LogP contribution in [0.4, 0.5) is 4.39 Å². The maximum atomic E-state index is 12.4. The molecule has 0 aliphatic rings. The quantitative estimate of drug-likeness (QED) is 0.745. The van der Waals surface area contributed by atoms with Gasteiger partial charge in [-0.15, -0.1) is 0 Å². The molecule has 0 unspecified atom stereocenters. The molecule has 1 aromatic rings. The predicted octanol–water partition coefficient (Wildman–Crippen LogP) is 2.58. The Hall–Kier alpha value is -0.890. The largest absolute Gasteiger partial charge is 0.322 e. The van der Waals surface area contributed by atoms with Crippen LogP contribution in [0.3, 0.4) is 0 Å². The molecule has 1 atom stereocenters. The van der Waals surface area contributed by atoms with Gasteiger partial charge in [0.05, 0.1) is 6.04 Å². The highest BCUT2D eigenvalue weighted by atomic mass is 19.1. The predicted molar refractivity (Wildman–Crippen MR) is 53.6 cm³/mol. The average molecular weight is 181 g/mol. The maximum absolute atomic E-state index is 12.4. The van der Waals surface area contributed by atoms with E-state index >= 15 is 0 Å². The molecular formula is C11H16FN. The Morgan fingerprint density at radius 1 is 1.23 bits per heavy atom. The Kier molecular flexibility index (Phi) is 3.04. The van der Waals surface area contributed by atoms with Crippen molar-refractivity contribution in [3.05, 3.63) is 34.4 Å². The molecule has 2 heteroatoms. The molecule has 0 aliphatic heterocycles. The van der Waals surface area contributed by atoms with Crippen LogP contribution < -0.4 is 5.73 Å². The summed E-state index contributed by atoms with van der Waals surface area (Å²) >= 11 is 0. The van der Waals surface area contributed by atoms with Gasteiger partial charge in [-0.2, -0.15) is 0 Å². The normalized spacial score (nSPS) is 13.0. The number of aryl methyl sites for hydroxylation is 3. The summed E-state index contributed by atoms with van der Waals surface area (Å²) in [5, 5.41) is 0. The Bertz CT molecular complexity index is 284. The second-order valence-electron chi connectivity index (χ2n) is 3.57. The highest BCUT2D eigenvalue weighted by Gasteiger charge is 2.11. The summed E-state index contributed by atoms with van der Waals surface area (Å²) in [5.41, 5.74) is 9.99. The van der Waals surface area contributed by atoms with E-state index in [1.165, 1.54) is 5.56 Å². The highest BCUT2D eigenvalue weighted by molar-refractivity contribution is 5.39. The Morgan fingerprint density at radius 2 is 1.69 bits per heavy atom. The van der Waals surface area contributed by atoms with Crippen LogP contribution in [-0.4, -0.2) is 6.67 Å². The topological polar surface area (TPSA) is 26.0 Å². The number of alkyl halides is 1. The van der Waals surface area contributed by atoms with Gasteiger partial charge in [-0.25, -0.2) is 4.39 Å².